The zero-order valence-electron chi connectivity index (χ0n) is 23.4. The standard InChI is InChI=1S/C29H38N4O5S/c1-7-10-27(34)33(25(17-19(2)3)28(35)30-6)18-22-13-15-23(16-14-22)24-11-8-9-12-26(24)39(36,37)32-29-20(4)21(5)31-38-29/h8-9,11-16,19,25,32H,7,10,17-18H2,1-6H3,(H,30,35)/t25-/m0/s1. The molecule has 3 aromatic rings. The first-order valence-corrected chi connectivity index (χ1v) is 14.6. The highest BCUT2D eigenvalue weighted by Crippen LogP contribution is 2.30. The van der Waals surface area contributed by atoms with Crippen molar-refractivity contribution in [1.82, 2.24) is 15.4 Å². The molecule has 10 heteroatoms. The van der Waals surface area contributed by atoms with E-state index in [1.807, 2.05) is 45.0 Å². The number of anilines is 1. The molecule has 210 valence electrons. The molecule has 2 aromatic carbocycles. The number of sulfonamides is 1. The molecule has 0 aliphatic rings. The highest BCUT2D eigenvalue weighted by Gasteiger charge is 2.30. The zero-order chi connectivity index (χ0) is 28.7. The molecule has 39 heavy (non-hydrogen) atoms. The maximum atomic E-state index is 13.3. The van der Waals surface area contributed by atoms with Gasteiger partial charge in [0.25, 0.3) is 10.0 Å². The minimum absolute atomic E-state index is 0.0729. The van der Waals surface area contributed by atoms with Crippen molar-refractivity contribution in [2.24, 2.45) is 5.92 Å². The smallest absolute Gasteiger partial charge is 0.264 e. The minimum atomic E-state index is -3.96. The fourth-order valence-corrected chi connectivity index (χ4v) is 5.61. The number of nitrogens with one attached hydrogen (secondary N) is 2. The van der Waals surface area contributed by atoms with E-state index in [0.29, 0.717) is 41.6 Å². The van der Waals surface area contributed by atoms with Crippen molar-refractivity contribution in [3.63, 3.8) is 0 Å². The normalized spacial score (nSPS) is 12.3. The van der Waals surface area contributed by atoms with Gasteiger partial charge in [0.1, 0.15) is 6.04 Å². The summed E-state index contributed by atoms with van der Waals surface area (Å²) in [7, 11) is -2.38. The van der Waals surface area contributed by atoms with E-state index in [0.717, 1.165) is 5.56 Å². The Labute approximate surface area is 231 Å². The van der Waals surface area contributed by atoms with Crippen LogP contribution in [0.3, 0.4) is 0 Å². The predicted molar refractivity (Wildman–Crippen MR) is 151 cm³/mol. The first-order valence-electron chi connectivity index (χ1n) is 13.1. The fourth-order valence-electron chi connectivity index (χ4n) is 4.33. The first kappa shape index (κ1) is 29.9. The second-order valence-electron chi connectivity index (χ2n) is 10.1. The minimum Gasteiger partial charge on any atom is -0.357 e. The zero-order valence-corrected chi connectivity index (χ0v) is 24.3. The SMILES string of the molecule is CCCC(=O)N(Cc1ccc(-c2ccccc2S(=O)(=O)Nc2onc(C)c2C)cc1)[C@@H](CC(C)C)C(=O)NC. The van der Waals surface area contributed by atoms with Crippen molar-refractivity contribution in [3.8, 4) is 11.1 Å². The maximum absolute atomic E-state index is 13.3. The van der Waals surface area contributed by atoms with Crippen LogP contribution in [0.1, 0.15) is 56.9 Å². The third kappa shape index (κ3) is 7.26. The van der Waals surface area contributed by atoms with Gasteiger partial charge in [-0.1, -0.05) is 68.4 Å². The van der Waals surface area contributed by atoms with Crippen LogP contribution in [0.4, 0.5) is 5.88 Å². The van der Waals surface area contributed by atoms with Gasteiger partial charge in [-0.15, -0.1) is 0 Å². The first-order chi connectivity index (χ1) is 18.5. The van der Waals surface area contributed by atoms with Crippen LogP contribution < -0.4 is 10.0 Å². The van der Waals surface area contributed by atoms with Gasteiger partial charge >= 0.3 is 0 Å². The van der Waals surface area contributed by atoms with E-state index in [-0.39, 0.29) is 35.1 Å². The number of nitrogens with zero attached hydrogens (tertiary/aromatic N) is 2. The lowest BCUT2D eigenvalue weighted by Crippen LogP contribution is -2.49. The van der Waals surface area contributed by atoms with E-state index < -0.39 is 16.1 Å². The molecule has 0 fully saturated rings. The molecule has 0 aliphatic carbocycles. The largest absolute Gasteiger partial charge is 0.357 e. The number of amides is 2. The van der Waals surface area contributed by atoms with Gasteiger partial charge in [-0.25, -0.2) is 13.1 Å². The maximum Gasteiger partial charge on any atom is 0.264 e. The molecule has 0 saturated carbocycles. The summed E-state index contributed by atoms with van der Waals surface area (Å²) >= 11 is 0. The lowest BCUT2D eigenvalue weighted by molar-refractivity contribution is -0.141. The van der Waals surface area contributed by atoms with Crippen LogP contribution in [0.2, 0.25) is 0 Å². The Balaban J connectivity index is 1.91. The average Bonchev–Trinajstić information content (AvgIpc) is 3.22. The summed E-state index contributed by atoms with van der Waals surface area (Å²) in [6.45, 7) is 9.74. The van der Waals surface area contributed by atoms with E-state index in [1.54, 1.807) is 44.0 Å². The average molecular weight is 555 g/mol. The molecule has 0 bridgehead atoms. The van der Waals surface area contributed by atoms with Crippen LogP contribution in [0.5, 0.6) is 0 Å². The van der Waals surface area contributed by atoms with Crippen molar-refractivity contribution in [2.45, 2.75) is 71.4 Å². The number of rotatable bonds is 12. The second kappa shape index (κ2) is 12.9. The molecule has 0 spiro atoms. The quantitative estimate of drug-likeness (QED) is 0.323. The van der Waals surface area contributed by atoms with Crippen molar-refractivity contribution >= 4 is 27.7 Å². The van der Waals surface area contributed by atoms with E-state index in [9.17, 15) is 18.0 Å². The van der Waals surface area contributed by atoms with Gasteiger partial charge < -0.3 is 14.7 Å². The van der Waals surface area contributed by atoms with Crippen molar-refractivity contribution < 1.29 is 22.5 Å². The number of likely N-dealkylation sites (N-methyl/N-ethyl adjacent to an activating group) is 1. The van der Waals surface area contributed by atoms with Crippen LogP contribution in [-0.4, -0.2) is 43.4 Å². The van der Waals surface area contributed by atoms with Crippen LogP contribution in [0.15, 0.2) is 57.9 Å². The molecule has 2 amide bonds. The Morgan fingerprint density at radius 1 is 1.05 bits per heavy atom. The number of aromatic nitrogens is 1. The third-order valence-corrected chi connectivity index (χ3v) is 7.97. The predicted octanol–water partition coefficient (Wildman–Crippen LogP) is 5.05. The highest BCUT2D eigenvalue weighted by atomic mass is 32.2. The highest BCUT2D eigenvalue weighted by molar-refractivity contribution is 7.92. The number of hydrogen-bond donors (Lipinski definition) is 2. The van der Waals surface area contributed by atoms with E-state index in [2.05, 4.69) is 15.2 Å². The van der Waals surface area contributed by atoms with Gasteiger partial charge in [0.15, 0.2) is 0 Å². The summed E-state index contributed by atoms with van der Waals surface area (Å²) in [5, 5.41) is 6.52. The van der Waals surface area contributed by atoms with Crippen molar-refractivity contribution in [3.05, 3.63) is 65.4 Å². The van der Waals surface area contributed by atoms with E-state index >= 15 is 0 Å². The molecular weight excluding hydrogens is 516 g/mol. The summed E-state index contributed by atoms with van der Waals surface area (Å²) < 4.78 is 34.2. The lowest BCUT2D eigenvalue weighted by Gasteiger charge is -2.32. The summed E-state index contributed by atoms with van der Waals surface area (Å²) in [6, 6.07) is 13.5. The summed E-state index contributed by atoms with van der Waals surface area (Å²) in [5.41, 5.74) is 3.28. The Kier molecular flexibility index (Phi) is 9.91. The third-order valence-electron chi connectivity index (χ3n) is 6.58. The fraction of sp³-hybridized carbons (Fsp3) is 0.414. The molecular formula is C29H38N4O5S. The molecule has 2 N–H and O–H groups in total. The van der Waals surface area contributed by atoms with Crippen molar-refractivity contribution in [1.29, 1.82) is 0 Å². The van der Waals surface area contributed by atoms with Gasteiger partial charge in [0.05, 0.1) is 10.6 Å². The van der Waals surface area contributed by atoms with Gasteiger partial charge in [0, 0.05) is 31.1 Å². The van der Waals surface area contributed by atoms with Crippen LogP contribution >= 0.6 is 0 Å². The Morgan fingerprint density at radius 3 is 2.28 bits per heavy atom. The molecule has 1 heterocycles. The van der Waals surface area contributed by atoms with Crippen LogP contribution in [0, 0.1) is 19.8 Å². The number of benzene rings is 2. The van der Waals surface area contributed by atoms with Gasteiger partial charge in [-0.2, -0.15) is 0 Å². The Hall–Kier alpha value is -3.66. The topological polar surface area (TPSA) is 122 Å². The van der Waals surface area contributed by atoms with Gasteiger partial charge in [0.2, 0.25) is 17.7 Å². The van der Waals surface area contributed by atoms with Gasteiger partial charge in [-0.3, -0.25) is 9.59 Å². The van der Waals surface area contributed by atoms with Gasteiger partial charge in [-0.05, 0) is 49.8 Å². The number of carbonyl (C=O) groups excluding carboxylic acids is 2. The molecule has 1 atom stereocenters. The second-order valence-corrected chi connectivity index (χ2v) is 11.7. The molecule has 0 unspecified atom stereocenters. The summed E-state index contributed by atoms with van der Waals surface area (Å²) in [5.74, 6) is 0.0507. The number of aryl methyl sites for hydroxylation is 1. The molecule has 0 radical (unpaired) electrons. The van der Waals surface area contributed by atoms with Crippen molar-refractivity contribution in [2.75, 3.05) is 11.8 Å². The monoisotopic (exact) mass is 554 g/mol. The molecule has 0 aliphatic heterocycles. The number of hydrogen-bond acceptors (Lipinski definition) is 6. The van der Waals surface area contributed by atoms with Crippen LogP contribution in [0.25, 0.3) is 11.1 Å². The summed E-state index contributed by atoms with van der Waals surface area (Å²) in [4.78, 5) is 27.6. The summed E-state index contributed by atoms with van der Waals surface area (Å²) in [6.07, 6.45) is 1.59. The lowest BCUT2D eigenvalue weighted by atomic mass is 9.99. The Bertz CT molecular complexity index is 1400. The molecule has 1 aromatic heterocycles. The van der Waals surface area contributed by atoms with Crippen LogP contribution in [-0.2, 0) is 26.2 Å². The van der Waals surface area contributed by atoms with E-state index in [1.165, 1.54) is 6.07 Å². The molecule has 9 nitrogen and oxygen atoms in total. The molecule has 0 saturated heterocycles. The molecule has 3 rings (SSSR count). The Morgan fingerprint density at radius 2 is 1.72 bits per heavy atom. The van der Waals surface area contributed by atoms with E-state index in [4.69, 9.17) is 4.52 Å². The number of carbonyl (C=O) groups is 2.